The number of hydrogen-bond acceptors (Lipinski definition) is 6. The highest BCUT2D eigenvalue weighted by Crippen LogP contribution is 2.38. The molecule has 3 amide bonds. The molecule has 1 fully saturated rings. The number of benzene rings is 3. The molecule has 1 aliphatic heterocycles. The Bertz CT molecular complexity index is 1480. The van der Waals surface area contributed by atoms with Crippen LogP contribution in [0.5, 0.6) is 11.5 Å². The number of amides is 3. The number of halogens is 2. The van der Waals surface area contributed by atoms with E-state index in [1.165, 1.54) is 18.2 Å². The van der Waals surface area contributed by atoms with Gasteiger partial charge in [0.1, 0.15) is 19.0 Å². The van der Waals surface area contributed by atoms with E-state index >= 15 is 0 Å². The molecule has 206 valence electrons. The number of anilines is 1. The lowest BCUT2D eigenvalue weighted by atomic mass is 10.0. The standard InChI is InChI=1S/C30H26BrFN2O5S/c1-3-6-21-13-20(14-25(38-4-2)28(21)39-18-19-9-11-22(31)12-10-19)15-26-29(36)34(30(37)40-26)17-27(35)33-24-8-5-7-23(32)16-24/h3,5,7-16H,1,4,6,17-18H2,2H3,(H,33,35)/b26-15+. The molecular weight excluding hydrogens is 599 g/mol. The molecular formula is C30H26BrFN2O5S. The van der Waals surface area contributed by atoms with E-state index in [0.29, 0.717) is 36.7 Å². The van der Waals surface area contributed by atoms with E-state index in [1.807, 2.05) is 37.3 Å². The summed E-state index contributed by atoms with van der Waals surface area (Å²) in [6.45, 7) is 5.93. The quantitative estimate of drug-likeness (QED) is 0.183. The molecule has 1 heterocycles. The molecule has 0 bridgehead atoms. The summed E-state index contributed by atoms with van der Waals surface area (Å²) in [6.07, 6.45) is 3.81. The Hall–Kier alpha value is -3.89. The van der Waals surface area contributed by atoms with Crippen molar-refractivity contribution >= 4 is 56.5 Å². The van der Waals surface area contributed by atoms with Crippen molar-refractivity contribution < 1.29 is 28.2 Å². The Kier molecular flexibility index (Phi) is 9.79. The van der Waals surface area contributed by atoms with Crippen molar-refractivity contribution in [3.05, 3.63) is 105 Å². The fourth-order valence-electron chi connectivity index (χ4n) is 3.93. The van der Waals surface area contributed by atoms with Gasteiger partial charge in [0.2, 0.25) is 5.91 Å². The average molecular weight is 626 g/mol. The second kappa shape index (κ2) is 13.5. The number of allylic oxidation sites excluding steroid dienone is 1. The minimum absolute atomic E-state index is 0.166. The van der Waals surface area contributed by atoms with Crippen LogP contribution in [0.1, 0.15) is 23.6 Å². The minimum atomic E-state index is -0.617. The van der Waals surface area contributed by atoms with Crippen LogP contribution in [0.2, 0.25) is 0 Å². The molecule has 0 radical (unpaired) electrons. The van der Waals surface area contributed by atoms with Crippen LogP contribution in [-0.2, 0) is 22.6 Å². The van der Waals surface area contributed by atoms with Crippen LogP contribution in [0.4, 0.5) is 14.9 Å². The maximum Gasteiger partial charge on any atom is 0.294 e. The topological polar surface area (TPSA) is 84.9 Å². The predicted octanol–water partition coefficient (Wildman–Crippen LogP) is 6.97. The molecule has 3 aromatic carbocycles. The molecule has 0 unspecified atom stereocenters. The third kappa shape index (κ3) is 7.40. The summed E-state index contributed by atoms with van der Waals surface area (Å²) in [6, 6.07) is 16.7. The van der Waals surface area contributed by atoms with Gasteiger partial charge in [0.05, 0.1) is 11.5 Å². The molecule has 0 aromatic heterocycles. The van der Waals surface area contributed by atoms with Crippen LogP contribution >= 0.6 is 27.7 Å². The van der Waals surface area contributed by atoms with Gasteiger partial charge in [-0.05, 0) is 84.8 Å². The van der Waals surface area contributed by atoms with Crippen LogP contribution in [0.25, 0.3) is 6.08 Å². The molecule has 4 rings (SSSR count). The summed E-state index contributed by atoms with van der Waals surface area (Å²) in [7, 11) is 0. The zero-order valence-electron chi connectivity index (χ0n) is 21.6. The molecule has 7 nitrogen and oxygen atoms in total. The first-order valence-corrected chi connectivity index (χ1v) is 14.0. The summed E-state index contributed by atoms with van der Waals surface area (Å²) in [5, 5.41) is 1.92. The minimum Gasteiger partial charge on any atom is -0.490 e. The van der Waals surface area contributed by atoms with Crippen molar-refractivity contribution in [2.24, 2.45) is 0 Å². The zero-order valence-corrected chi connectivity index (χ0v) is 24.0. The molecule has 1 N–H and O–H groups in total. The van der Waals surface area contributed by atoms with Gasteiger partial charge in [-0.2, -0.15) is 0 Å². The number of imide groups is 1. The highest BCUT2D eigenvalue weighted by Gasteiger charge is 2.36. The second-order valence-electron chi connectivity index (χ2n) is 8.67. The SMILES string of the molecule is C=CCc1cc(/C=C2/SC(=O)N(CC(=O)Nc3cccc(F)c3)C2=O)cc(OCC)c1OCc1ccc(Br)cc1. The molecule has 1 saturated heterocycles. The number of rotatable bonds is 11. The number of carbonyl (C=O) groups is 3. The molecule has 1 aliphatic rings. The van der Waals surface area contributed by atoms with E-state index in [1.54, 1.807) is 18.2 Å². The number of thioether (sulfide) groups is 1. The highest BCUT2D eigenvalue weighted by atomic mass is 79.9. The van der Waals surface area contributed by atoms with Crippen molar-refractivity contribution in [2.75, 3.05) is 18.5 Å². The number of carbonyl (C=O) groups excluding carboxylic acids is 3. The third-order valence-corrected chi connectivity index (χ3v) is 7.13. The molecule has 0 saturated carbocycles. The Morgan fingerprint density at radius 3 is 2.60 bits per heavy atom. The van der Waals surface area contributed by atoms with E-state index in [0.717, 1.165) is 38.3 Å². The fraction of sp³-hybridized carbons (Fsp3) is 0.167. The molecule has 10 heteroatoms. The predicted molar refractivity (Wildman–Crippen MR) is 158 cm³/mol. The van der Waals surface area contributed by atoms with Gasteiger partial charge in [0.25, 0.3) is 11.1 Å². The molecule has 0 atom stereocenters. The van der Waals surface area contributed by atoms with Gasteiger partial charge in [-0.1, -0.05) is 40.2 Å². The van der Waals surface area contributed by atoms with Gasteiger partial charge in [-0.15, -0.1) is 6.58 Å². The summed E-state index contributed by atoms with van der Waals surface area (Å²) < 4.78 is 26.4. The van der Waals surface area contributed by atoms with Gasteiger partial charge in [-0.25, -0.2) is 4.39 Å². The van der Waals surface area contributed by atoms with Gasteiger partial charge in [0.15, 0.2) is 11.5 Å². The van der Waals surface area contributed by atoms with E-state index in [2.05, 4.69) is 27.8 Å². The van der Waals surface area contributed by atoms with Gasteiger partial charge in [0, 0.05) is 15.7 Å². The monoisotopic (exact) mass is 624 g/mol. The van der Waals surface area contributed by atoms with Crippen molar-refractivity contribution in [1.82, 2.24) is 4.90 Å². The Labute approximate surface area is 244 Å². The first kappa shape index (κ1) is 29.1. The summed E-state index contributed by atoms with van der Waals surface area (Å²) in [4.78, 5) is 39.1. The average Bonchev–Trinajstić information content (AvgIpc) is 3.16. The van der Waals surface area contributed by atoms with E-state index in [4.69, 9.17) is 9.47 Å². The lowest BCUT2D eigenvalue weighted by Crippen LogP contribution is -2.36. The highest BCUT2D eigenvalue weighted by molar-refractivity contribution is 9.10. The maximum atomic E-state index is 13.4. The maximum absolute atomic E-state index is 13.4. The van der Waals surface area contributed by atoms with Gasteiger partial charge < -0.3 is 14.8 Å². The number of nitrogens with one attached hydrogen (secondary N) is 1. The van der Waals surface area contributed by atoms with Crippen molar-refractivity contribution in [1.29, 1.82) is 0 Å². The van der Waals surface area contributed by atoms with Crippen LogP contribution < -0.4 is 14.8 Å². The summed E-state index contributed by atoms with van der Waals surface area (Å²) in [5.74, 6) is -0.654. The summed E-state index contributed by atoms with van der Waals surface area (Å²) in [5.41, 5.74) is 2.64. The fourth-order valence-corrected chi connectivity index (χ4v) is 5.04. The van der Waals surface area contributed by atoms with Crippen LogP contribution in [0, 0.1) is 5.82 Å². The number of hydrogen-bond donors (Lipinski definition) is 1. The smallest absolute Gasteiger partial charge is 0.294 e. The van der Waals surface area contributed by atoms with Crippen molar-refractivity contribution in [2.45, 2.75) is 20.0 Å². The van der Waals surface area contributed by atoms with E-state index in [9.17, 15) is 18.8 Å². The van der Waals surface area contributed by atoms with Crippen molar-refractivity contribution in [3.8, 4) is 11.5 Å². The van der Waals surface area contributed by atoms with Crippen molar-refractivity contribution in [3.63, 3.8) is 0 Å². The normalized spacial score (nSPS) is 14.0. The third-order valence-electron chi connectivity index (χ3n) is 5.70. The first-order valence-electron chi connectivity index (χ1n) is 12.4. The molecule has 0 aliphatic carbocycles. The summed E-state index contributed by atoms with van der Waals surface area (Å²) >= 11 is 4.17. The van der Waals surface area contributed by atoms with Gasteiger partial charge in [-0.3, -0.25) is 19.3 Å². The van der Waals surface area contributed by atoms with E-state index in [-0.39, 0.29) is 10.6 Å². The van der Waals surface area contributed by atoms with Crippen LogP contribution in [-0.4, -0.2) is 35.1 Å². The Morgan fingerprint density at radius 1 is 1.12 bits per heavy atom. The largest absolute Gasteiger partial charge is 0.490 e. The molecule has 40 heavy (non-hydrogen) atoms. The number of nitrogens with zero attached hydrogens (tertiary/aromatic N) is 1. The van der Waals surface area contributed by atoms with Crippen LogP contribution in [0.3, 0.4) is 0 Å². The zero-order chi connectivity index (χ0) is 28.6. The Morgan fingerprint density at radius 2 is 1.90 bits per heavy atom. The lowest BCUT2D eigenvalue weighted by molar-refractivity contribution is -0.127. The number of ether oxygens (including phenoxy) is 2. The van der Waals surface area contributed by atoms with E-state index < -0.39 is 29.4 Å². The second-order valence-corrected chi connectivity index (χ2v) is 10.6. The van der Waals surface area contributed by atoms with Crippen LogP contribution in [0.15, 0.2) is 82.7 Å². The lowest BCUT2D eigenvalue weighted by Gasteiger charge is -2.17. The van der Waals surface area contributed by atoms with Gasteiger partial charge >= 0.3 is 0 Å². The first-order chi connectivity index (χ1) is 19.3. The molecule has 3 aromatic rings. The Balaban J connectivity index is 1.54. The molecule has 0 spiro atoms.